The molecule has 1 aromatic rings. The number of ether oxygens (including phenoxy) is 1. The number of nitrogens with one attached hydrogen (secondary N) is 1. The lowest BCUT2D eigenvalue weighted by Gasteiger charge is -2.37. The van der Waals surface area contributed by atoms with Gasteiger partial charge in [0.05, 0.1) is 6.61 Å². The third-order valence-corrected chi connectivity index (χ3v) is 7.03. The highest BCUT2D eigenvalue weighted by Gasteiger charge is 2.59. The number of fused-ring (bicyclic) bond motifs is 2. The molecule has 0 spiro atoms. The Morgan fingerprint density at radius 1 is 1.35 bits per heavy atom. The molecule has 1 aromatic heterocycles. The quantitative estimate of drug-likeness (QED) is 0.896. The largest absolute Gasteiger partial charge is 0.367 e. The van der Waals surface area contributed by atoms with E-state index in [2.05, 4.69) is 33.2 Å². The molecule has 2 bridgehead atoms. The fourth-order valence-corrected chi connectivity index (χ4v) is 5.59. The molecular formula is C20H28N4O2. The number of rotatable bonds is 4. The van der Waals surface area contributed by atoms with Gasteiger partial charge < -0.3 is 15.0 Å². The van der Waals surface area contributed by atoms with Crippen molar-refractivity contribution in [2.24, 2.45) is 17.8 Å². The van der Waals surface area contributed by atoms with Crippen LogP contribution in [0, 0.1) is 17.8 Å². The van der Waals surface area contributed by atoms with E-state index in [0.717, 1.165) is 56.9 Å². The standard InChI is InChI=1S/C20H28N4O2/c1-2-15-6-18(22-12-21-15)23-17-5-3-4-14-9-24(10-16(14)17)19(25)20-7-13(8-20)11-26-20/h6,12-14,16-17H,2-5,7-11H2,1H3,(H,21,22,23). The minimum atomic E-state index is -0.455. The first-order valence-electron chi connectivity index (χ1n) is 10.2. The van der Waals surface area contributed by atoms with Crippen LogP contribution in [0.3, 0.4) is 0 Å². The van der Waals surface area contributed by atoms with Gasteiger partial charge in [0.15, 0.2) is 0 Å². The average molecular weight is 356 g/mol. The summed E-state index contributed by atoms with van der Waals surface area (Å²) >= 11 is 0. The fraction of sp³-hybridized carbons (Fsp3) is 0.750. The van der Waals surface area contributed by atoms with Crippen molar-refractivity contribution in [3.8, 4) is 0 Å². The summed E-state index contributed by atoms with van der Waals surface area (Å²) in [6.07, 6.45) is 8.05. The maximum absolute atomic E-state index is 13.1. The first kappa shape index (κ1) is 16.5. The molecule has 0 aromatic carbocycles. The number of carbonyl (C=O) groups is 1. The van der Waals surface area contributed by atoms with Crippen molar-refractivity contribution in [1.82, 2.24) is 14.9 Å². The van der Waals surface area contributed by atoms with Gasteiger partial charge in [-0.25, -0.2) is 9.97 Å². The van der Waals surface area contributed by atoms with Gasteiger partial charge in [-0.2, -0.15) is 0 Å². The highest BCUT2D eigenvalue weighted by Crippen LogP contribution is 2.50. The van der Waals surface area contributed by atoms with Crippen LogP contribution in [0.1, 0.15) is 44.7 Å². The van der Waals surface area contributed by atoms with Crippen LogP contribution in [0.15, 0.2) is 12.4 Å². The van der Waals surface area contributed by atoms with E-state index in [0.29, 0.717) is 23.8 Å². The summed E-state index contributed by atoms with van der Waals surface area (Å²) in [6.45, 7) is 4.66. The average Bonchev–Trinajstić information content (AvgIpc) is 3.35. The zero-order valence-electron chi connectivity index (χ0n) is 15.5. The lowest BCUT2D eigenvalue weighted by atomic mass is 9.74. The summed E-state index contributed by atoms with van der Waals surface area (Å²) in [6, 6.07) is 2.45. The van der Waals surface area contributed by atoms with Gasteiger partial charge in [-0.1, -0.05) is 13.3 Å². The second-order valence-electron chi connectivity index (χ2n) is 8.64. The molecule has 6 heteroatoms. The van der Waals surface area contributed by atoms with Crippen LogP contribution in [-0.4, -0.2) is 52.1 Å². The van der Waals surface area contributed by atoms with Crippen molar-refractivity contribution < 1.29 is 9.53 Å². The summed E-state index contributed by atoms with van der Waals surface area (Å²) < 4.78 is 5.87. The monoisotopic (exact) mass is 356 g/mol. The molecule has 3 saturated heterocycles. The van der Waals surface area contributed by atoms with Crippen molar-refractivity contribution in [3.05, 3.63) is 18.1 Å². The van der Waals surface area contributed by atoms with Crippen LogP contribution in [0.2, 0.25) is 0 Å². The van der Waals surface area contributed by atoms with E-state index in [9.17, 15) is 4.79 Å². The number of amides is 1. The molecule has 3 aliphatic heterocycles. The summed E-state index contributed by atoms with van der Waals surface area (Å²) in [5, 5.41) is 3.66. The maximum Gasteiger partial charge on any atom is 0.254 e. The summed E-state index contributed by atoms with van der Waals surface area (Å²) in [7, 11) is 0. The topological polar surface area (TPSA) is 67.4 Å². The molecule has 5 aliphatic rings. The first-order chi connectivity index (χ1) is 12.7. The van der Waals surface area contributed by atoms with E-state index >= 15 is 0 Å². The number of anilines is 1. The van der Waals surface area contributed by atoms with Crippen LogP contribution in [0.4, 0.5) is 5.82 Å². The van der Waals surface area contributed by atoms with Gasteiger partial charge in [-0.15, -0.1) is 0 Å². The maximum atomic E-state index is 13.1. The van der Waals surface area contributed by atoms with E-state index < -0.39 is 5.60 Å². The third kappa shape index (κ3) is 2.61. The van der Waals surface area contributed by atoms with Gasteiger partial charge in [0.25, 0.3) is 5.91 Å². The van der Waals surface area contributed by atoms with E-state index in [4.69, 9.17) is 4.74 Å². The molecule has 5 fully saturated rings. The molecule has 2 saturated carbocycles. The fourth-order valence-electron chi connectivity index (χ4n) is 5.59. The van der Waals surface area contributed by atoms with Gasteiger partial charge in [0.1, 0.15) is 17.7 Å². The lowest BCUT2D eigenvalue weighted by molar-refractivity contribution is -0.154. The van der Waals surface area contributed by atoms with E-state index in [-0.39, 0.29) is 5.91 Å². The van der Waals surface area contributed by atoms with E-state index in [1.165, 1.54) is 12.8 Å². The zero-order chi connectivity index (χ0) is 17.7. The number of carbonyl (C=O) groups excluding carboxylic acids is 1. The first-order valence-corrected chi connectivity index (χ1v) is 10.2. The predicted octanol–water partition coefficient (Wildman–Crippen LogP) is 2.26. The number of nitrogens with zero attached hydrogens (tertiary/aromatic N) is 3. The molecule has 1 amide bonds. The molecule has 26 heavy (non-hydrogen) atoms. The molecule has 0 radical (unpaired) electrons. The molecule has 6 rings (SSSR count). The molecular weight excluding hydrogens is 328 g/mol. The van der Waals surface area contributed by atoms with Crippen LogP contribution < -0.4 is 5.32 Å². The summed E-state index contributed by atoms with van der Waals surface area (Å²) in [5.41, 5.74) is 0.610. The Labute approximate surface area is 154 Å². The van der Waals surface area contributed by atoms with E-state index in [1.807, 2.05) is 0 Å². The minimum Gasteiger partial charge on any atom is -0.367 e. The second-order valence-corrected chi connectivity index (χ2v) is 8.64. The molecule has 140 valence electrons. The molecule has 2 aliphatic carbocycles. The summed E-state index contributed by atoms with van der Waals surface area (Å²) in [4.78, 5) is 23.9. The predicted molar refractivity (Wildman–Crippen MR) is 97.6 cm³/mol. The van der Waals surface area contributed by atoms with Crippen LogP contribution in [-0.2, 0) is 16.0 Å². The van der Waals surface area contributed by atoms with E-state index in [1.54, 1.807) is 6.33 Å². The van der Waals surface area contributed by atoms with Crippen molar-refractivity contribution >= 4 is 11.7 Å². The van der Waals surface area contributed by atoms with Crippen molar-refractivity contribution in [1.29, 1.82) is 0 Å². The number of aryl methyl sites for hydroxylation is 1. The van der Waals surface area contributed by atoms with Crippen LogP contribution in [0.5, 0.6) is 0 Å². The Bertz CT molecular complexity index is 697. The zero-order valence-corrected chi connectivity index (χ0v) is 15.5. The minimum absolute atomic E-state index is 0.259. The van der Waals surface area contributed by atoms with Gasteiger partial charge >= 0.3 is 0 Å². The number of aromatic nitrogens is 2. The summed E-state index contributed by atoms with van der Waals surface area (Å²) in [5.74, 6) is 2.93. The SMILES string of the molecule is CCc1cc(NC2CCCC3CN(C(=O)C45CC(CO4)C5)CC32)ncn1. The second kappa shape index (κ2) is 6.19. The van der Waals surface area contributed by atoms with Gasteiger partial charge in [0.2, 0.25) is 0 Å². The van der Waals surface area contributed by atoms with Crippen molar-refractivity contribution in [2.75, 3.05) is 25.0 Å². The van der Waals surface area contributed by atoms with Gasteiger partial charge in [-0.05, 0) is 43.9 Å². The smallest absolute Gasteiger partial charge is 0.254 e. The van der Waals surface area contributed by atoms with Crippen LogP contribution >= 0.6 is 0 Å². The number of hydrogen-bond acceptors (Lipinski definition) is 5. The molecule has 6 nitrogen and oxygen atoms in total. The normalized spacial score (nSPS) is 38.0. The van der Waals surface area contributed by atoms with Crippen molar-refractivity contribution in [2.45, 2.75) is 57.1 Å². The Kier molecular flexibility index (Phi) is 3.92. The molecule has 1 N–H and O–H groups in total. The number of likely N-dealkylation sites (tertiary alicyclic amines) is 1. The third-order valence-electron chi connectivity index (χ3n) is 7.03. The molecule has 3 unspecified atom stereocenters. The van der Waals surface area contributed by atoms with Gasteiger partial charge in [-0.3, -0.25) is 4.79 Å². The highest BCUT2D eigenvalue weighted by molar-refractivity contribution is 5.87. The van der Waals surface area contributed by atoms with Crippen LogP contribution in [0.25, 0.3) is 0 Å². The Balaban J connectivity index is 1.28. The Hall–Kier alpha value is -1.69. The van der Waals surface area contributed by atoms with Crippen molar-refractivity contribution in [3.63, 3.8) is 0 Å². The Morgan fingerprint density at radius 3 is 3.00 bits per heavy atom. The van der Waals surface area contributed by atoms with Gasteiger partial charge in [0, 0.05) is 36.8 Å². The highest BCUT2D eigenvalue weighted by atomic mass is 16.5. The molecule has 3 atom stereocenters. The number of hydrogen-bond donors (Lipinski definition) is 1. The molecule has 4 heterocycles. The lowest BCUT2D eigenvalue weighted by Crippen LogP contribution is -2.52. The Morgan fingerprint density at radius 2 is 2.23 bits per heavy atom.